The molecule has 2 heterocycles. The van der Waals surface area contributed by atoms with E-state index in [1.54, 1.807) is 6.21 Å². The lowest BCUT2D eigenvalue weighted by Gasteiger charge is -2.11. The summed E-state index contributed by atoms with van der Waals surface area (Å²) < 4.78 is 1.50. The van der Waals surface area contributed by atoms with Crippen LogP contribution in [0.3, 0.4) is 0 Å². The van der Waals surface area contributed by atoms with Gasteiger partial charge in [-0.1, -0.05) is 56.9 Å². The predicted molar refractivity (Wildman–Crippen MR) is 144 cm³/mol. The molecule has 35 heavy (non-hydrogen) atoms. The van der Waals surface area contributed by atoms with Crippen LogP contribution < -0.4 is 16.0 Å². The minimum atomic E-state index is -0.253. The molecule has 8 heteroatoms. The fraction of sp³-hybridized carbons (Fsp3) is 0.333. The Labute approximate surface area is 205 Å². The Kier molecular flexibility index (Phi) is 7.60. The van der Waals surface area contributed by atoms with Gasteiger partial charge in [0.1, 0.15) is 16.9 Å². The molecule has 0 unspecified atom stereocenters. The second-order valence-corrected chi connectivity index (χ2v) is 8.86. The van der Waals surface area contributed by atoms with Gasteiger partial charge in [0, 0.05) is 26.3 Å². The second-order valence-electron chi connectivity index (χ2n) is 8.86. The van der Waals surface area contributed by atoms with Crippen molar-refractivity contribution in [3.05, 3.63) is 59.7 Å². The number of para-hydroxylation sites is 2. The smallest absolute Gasteiger partial charge is 0.257 e. The van der Waals surface area contributed by atoms with Crippen molar-refractivity contribution in [2.24, 2.45) is 5.10 Å². The number of hydrogen-bond donors (Lipinski definition) is 2. The van der Waals surface area contributed by atoms with Crippen LogP contribution in [0, 0.1) is 0 Å². The molecule has 1 amide bonds. The molecule has 0 spiro atoms. The summed E-state index contributed by atoms with van der Waals surface area (Å²) in [6, 6.07) is 15.6. The summed E-state index contributed by atoms with van der Waals surface area (Å²) in [6.45, 7) is 2.78. The highest BCUT2D eigenvalue weighted by molar-refractivity contribution is 6.10. The number of benzene rings is 2. The molecule has 4 aromatic rings. The number of amides is 1. The average molecular weight is 472 g/mol. The zero-order valence-electron chi connectivity index (χ0n) is 20.7. The highest BCUT2D eigenvalue weighted by Gasteiger charge is 2.23. The number of carbonyl (C=O) groups excluding carboxylic acids is 1. The summed E-state index contributed by atoms with van der Waals surface area (Å²) in [6.07, 6.45) is 7.31. The Morgan fingerprint density at radius 3 is 2.40 bits per heavy atom. The number of unbranched alkanes of at least 4 members (excludes halogenated alkanes) is 4. The first-order chi connectivity index (χ1) is 17.0. The number of nitrogens with two attached hydrogens (primary N) is 1. The lowest BCUT2D eigenvalue weighted by atomic mass is 10.1. The first-order valence-corrected chi connectivity index (χ1v) is 12.2. The van der Waals surface area contributed by atoms with Crippen molar-refractivity contribution < 1.29 is 4.79 Å². The van der Waals surface area contributed by atoms with Crippen LogP contribution in [0.2, 0.25) is 0 Å². The number of hydrogen-bond acceptors (Lipinski definition) is 6. The number of rotatable bonds is 10. The van der Waals surface area contributed by atoms with Gasteiger partial charge in [-0.25, -0.2) is 9.97 Å². The van der Waals surface area contributed by atoms with Crippen LogP contribution in [-0.2, 0) is 0 Å². The van der Waals surface area contributed by atoms with Gasteiger partial charge in [0.15, 0.2) is 5.65 Å². The van der Waals surface area contributed by atoms with Gasteiger partial charge in [0.25, 0.3) is 5.91 Å². The highest BCUT2D eigenvalue weighted by Crippen LogP contribution is 2.28. The SMILES string of the molecule is CCCCCCCNC(=O)c1c(N)n(/N=C\c2ccc(N(C)C)cc2)c2nc3ccccc3nc12. The van der Waals surface area contributed by atoms with E-state index in [4.69, 9.17) is 15.7 Å². The number of anilines is 2. The zero-order valence-corrected chi connectivity index (χ0v) is 20.7. The molecule has 8 nitrogen and oxygen atoms in total. The summed E-state index contributed by atoms with van der Waals surface area (Å²) in [5, 5.41) is 7.59. The van der Waals surface area contributed by atoms with Crippen LogP contribution in [0.15, 0.2) is 53.6 Å². The van der Waals surface area contributed by atoms with E-state index in [2.05, 4.69) is 17.3 Å². The van der Waals surface area contributed by atoms with E-state index in [1.807, 2.05) is 67.5 Å². The van der Waals surface area contributed by atoms with Crippen molar-refractivity contribution in [3.63, 3.8) is 0 Å². The number of carbonyl (C=O) groups is 1. The fourth-order valence-electron chi connectivity index (χ4n) is 3.99. The first kappa shape index (κ1) is 24.2. The van der Waals surface area contributed by atoms with Crippen LogP contribution >= 0.6 is 0 Å². The minimum Gasteiger partial charge on any atom is -0.383 e. The molecule has 0 radical (unpaired) electrons. The van der Waals surface area contributed by atoms with Gasteiger partial charge >= 0.3 is 0 Å². The van der Waals surface area contributed by atoms with E-state index >= 15 is 0 Å². The second kappa shape index (κ2) is 11.0. The molecule has 4 rings (SSSR count). The zero-order chi connectivity index (χ0) is 24.8. The number of nitrogens with one attached hydrogen (secondary N) is 1. The summed E-state index contributed by atoms with van der Waals surface area (Å²) >= 11 is 0. The van der Waals surface area contributed by atoms with Crippen LogP contribution in [0.25, 0.3) is 22.2 Å². The lowest BCUT2D eigenvalue weighted by Crippen LogP contribution is -2.25. The van der Waals surface area contributed by atoms with Gasteiger partial charge < -0.3 is 16.0 Å². The molecule has 182 valence electrons. The van der Waals surface area contributed by atoms with E-state index in [1.165, 1.54) is 23.9 Å². The third kappa shape index (κ3) is 5.42. The summed E-state index contributed by atoms with van der Waals surface area (Å²) in [5.41, 5.74) is 11.1. The number of nitrogen functional groups attached to an aromatic ring is 1. The largest absolute Gasteiger partial charge is 0.383 e. The summed E-state index contributed by atoms with van der Waals surface area (Å²) in [5.74, 6) is -0.0307. The van der Waals surface area contributed by atoms with Gasteiger partial charge in [-0.3, -0.25) is 4.79 Å². The van der Waals surface area contributed by atoms with Crippen molar-refractivity contribution in [3.8, 4) is 0 Å². The topological polar surface area (TPSA) is 101 Å². The van der Waals surface area contributed by atoms with Crippen molar-refractivity contribution in [1.82, 2.24) is 20.0 Å². The number of nitrogens with zero attached hydrogens (tertiary/aromatic N) is 5. The number of aromatic nitrogens is 3. The van der Waals surface area contributed by atoms with E-state index < -0.39 is 0 Å². The summed E-state index contributed by atoms with van der Waals surface area (Å²) in [7, 11) is 3.99. The summed E-state index contributed by atoms with van der Waals surface area (Å²) in [4.78, 5) is 24.7. The lowest BCUT2D eigenvalue weighted by molar-refractivity contribution is 0.0955. The molecular formula is C27H33N7O. The van der Waals surface area contributed by atoms with Gasteiger partial charge in [-0.15, -0.1) is 0 Å². The average Bonchev–Trinajstić information content (AvgIpc) is 3.13. The predicted octanol–water partition coefficient (Wildman–Crippen LogP) is 4.82. The molecule has 0 aliphatic rings. The molecule has 2 aromatic heterocycles. The van der Waals surface area contributed by atoms with E-state index in [-0.39, 0.29) is 11.7 Å². The Balaban J connectivity index is 1.68. The van der Waals surface area contributed by atoms with Crippen LogP contribution in [0.4, 0.5) is 11.5 Å². The normalized spacial score (nSPS) is 11.5. The monoisotopic (exact) mass is 471 g/mol. The quantitative estimate of drug-likeness (QED) is 0.255. The van der Waals surface area contributed by atoms with Crippen LogP contribution in [0.1, 0.15) is 54.9 Å². The Bertz CT molecular complexity index is 1340. The van der Waals surface area contributed by atoms with Gasteiger partial charge in [-0.2, -0.15) is 9.78 Å². The highest BCUT2D eigenvalue weighted by atomic mass is 16.1. The van der Waals surface area contributed by atoms with E-state index in [0.29, 0.717) is 34.3 Å². The molecule has 0 aliphatic heterocycles. The van der Waals surface area contributed by atoms with Crippen molar-refractivity contribution in [1.29, 1.82) is 0 Å². The van der Waals surface area contributed by atoms with Crippen molar-refractivity contribution in [2.45, 2.75) is 39.0 Å². The Morgan fingerprint density at radius 2 is 1.71 bits per heavy atom. The van der Waals surface area contributed by atoms with Gasteiger partial charge in [-0.05, 0) is 36.2 Å². The maximum atomic E-state index is 13.2. The molecular weight excluding hydrogens is 438 g/mol. The van der Waals surface area contributed by atoms with E-state index in [0.717, 1.165) is 24.1 Å². The van der Waals surface area contributed by atoms with Crippen molar-refractivity contribution in [2.75, 3.05) is 31.3 Å². The molecule has 2 aromatic carbocycles. The third-order valence-corrected chi connectivity index (χ3v) is 6.00. The van der Waals surface area contributed by atoms with Gasteiger partial charge in [0.2, 0.25) is 0 Å². The molecule has 0 fully saturated rings. The molecule has 0 atom stereocenters. The molecule has 0 saturated heterocycles. The molecule has 0 aliphatic carbocycles. The molecule has 3 N–H and O–H groups in total. The minimum absolute atomic E-state index is 0.222. The van der Waals surface area contributed by atoms with Crippen LogP contribution in [-0.4, -0.2) is 47.4 Å². The van der Waals surface area contributed by atoms with Gasteiger partial charge in [0.05, 0.1) is 17.2 Å². The Morgan fingerprint density at radius 1 is 1.03 bits per heavy atom. The van der Waals surface area contributed by atoms with Crippen LogP contribution in [0.5, 0.6) is 0 Å². The Hall–Kier alpha value is -3.94. The third-order valence-electron chi connectivity index (χ3n) is 6.00. The first-order valence-electron chi connectivity index (χ1n) is 12.2. The maximum absolute atomic E-state index is 13.2. The molecule has 0 bridgehead atoms. The fourth-order valence-corrected chi connectivity index (χ4v) is 3.99. The molecule has 0 saturated carbocycles. The van der Waals surface area contributed by atoms with Crippen molar-refractivity contribution >= 4 is 45.8 Å². The standard InChI is InChI=1S/C27H33N7O/c1-4-5-6-7-10-17-29-27(35)23-24-26(32-22-12-9-8-11-21(22)31-24)34(25(23)28)30-18-19-13-15-20(16-14-19)33(2)3/h8-9,11-16,18H,4-7,10,17,28H2,1-3H3,(H,29,35)/b30-18-. The number of fused-ring (bicyclic) bond motifs is 2. The van der Waals surface area contributed by atoms with E-state index in [9.17, 15) is 4.79 Å². The maximum Gasteiger partial charge on any atom is 0.257 e.